The number of nitriles is 1. The molecule has 1 heterocycles. The van der Waals surface area contributed by atoms with E-state index in [0.29, 0.717) is 18.1 Å². The molecule has 0 aliphatic carbocycles. The van der Waals surface area contributed by atoms with Gasteiger partial charge in [0.1, 0.15) is 0 Å². The largest absolute Gasteiger partial charge is 0.369 e. The lowest BCUT2D eigenvalue weighted by Gasteiger charge is -2.07. The maximum absolute atomic E-state index is 9.03. The van der Waals surface area contributed by atoms with Crippen LogP contribution in [0.1, 0.15) is 23.6 Å². The second-order valence-electron chi connectivity index (χ2n) is 5.04. The molecule has 4 nitrogen and oxygen atoms in total. The van der Waals surface area contributed by atoms with Crippen molar-refractivity contribution in [2.45, 2.75) is 19.9 Å². The van der Waals surface area contributed by atoms with Gasteiger partial charge in [0, 0.05) is 0 Å². The highest BCUT2D eigenvalue weighted by Gasteiger charge is 2.09. The van der Waals surface area contributed by atoms with E-state index in [0.717, 1.165) is 17.5 Å². The van der Waals surface area contributed by atoms with Gasteiger partial charge in [-0.05, 0) is 35.7 Å². The van der Waals surface area contributed by atoms with Crippen molar-refractivity contribution in [3.8, 4) is 6.07 Å². The standard InChI is InChI=1S/C17H16N4/c1-2-12-3-5-13(6-4-12)11-21-16-9-14(10-18)7-8-15(16)20-17(21)19/h3-9H,2,11H2,1H3,(H2,19,20). The maximum atomic E-state index is 9.03. The molecule has 0 spiro atoms. The lowest BCUT2D eigenvalue weighted by Crippen LogP contribution is -2.04. The van der Waals surface area contributed by atoms with Crippen molar-refractivity contribution in [1.29, 1.82) is 5.26 Å². The lowest BCUT2D eigenvalue weighted by molar-refractivity contribution is 0.837. The van der Waals surface area contributed by atoms with E-state index in [1.54, 1.807) is 6.07 Å². The third kappa shape index (κ3) is 2.46. The van der Waals surface area contributed by atoms with Crippen LogP contribution in [0.4, 0.5) is 5.95 Å². The molecule has 0 radical (unpaired) electrons. The first kappa shape index (κ1) is 13.2. The van der Waals surface area contributed by atoms with Crippen LogP contribution in [0.5, 0.6) is 0 Å². The molecule has 0 unspecified atom stereocenters. The van der Waals surface area contributed by atoms with Gasteiger partial charge in [-0.1, -0.05) is 31.2 Å². The highest BCUT2D eigenvalue weighted by Crippen LogP contribution is 2.21. The fourth-order valence-corrected chi connectivity index (χ4v) is 2.44. The van der Waals surface area contributed by atoms with Crippen molar-refractivity contribution < 1.29 is 0 Å². The van der Waals surface area contributed by atoms with Gasteiger partial charge in [0.15, 0.2) is 0 Å². The SMILES string of the molecule is CCc1ccc(Cn2c(N)nc3ccc(C#N)cc32)cc1. The number of hydrogen-bond donors (Lipinski definition) is 1. The minimum absolute atomic E-state index is 0.472. The molecule has 0 bridgehead atoms. The number of hydrogen-bond acceptors (Lipinski definition) is 3. The predicted molar refractivity (Wildman–Crippen MR) is 83.8 cm³/mol. The Bertz CT molecular complexity index is 822. The van der Waals surface area contributed by atoms with E-state index in [1.165, 1.54) is 11.1 Å². The molecule has 0 aliphatic rings. The smallest absolute Gasteiger partial charge is 0.201 e. The summed E-state index contributed by atoms with van der Waals surface area (Å²) in [5, 5.41) is 9.03. The Kier molecular flexibility index (Phi) is 3.33. The van der Waals surface area contributed by atoms with Crippen molar-refractivity contribution in [1.82, 2.24) is 9.55 Å². The van der Waals surface area contributed by atoms with Crippen molar-refractivity contribution in [3.63, 3.8) is 0 Å². The van der Waals surface area contributed by atoms with Gasteiger partial charge >= 0.3 is 0 Å². The highest BCUT2D eigenvalue weighted by atomic mass is 15.1. The van der Waals surface area contributed by atoms with E-state index in [1.807, 2.05) is 16.7 Å². The average molecular weight is 276 g/mol. The number of anilines is 1. The number of aryl methyl sites for hydroxylation is 1. The molecule has 2 aromatic carbocycles. The Labute approximate surface area is 123 Å². The minimum atomic E-state index is 0.472. The number of nitrogens with two attached hydrogens (primary N) is 1. The van der Waals surface area contributed by atoms with E-state index in [2.05, 4.69) is 42.2 Å². The molecule has 104 valence electrons. The van der Waals surface area contributed by atoms with Crippen molar-refractivity contribution in [2.24, 2.45) is 0 Å². The Morgan fingerprint density at radius 1 is 1.14 bits per heavy atom. The van der Waals surface area contributed by atoms with Crippen LogP contribution in [0.2, 0.25) is 0 Å². The topological polar surface area (TPSA) is 67.6 Å². The van der Waals surface area contributed by atoms with Crippen molar-refractivity contribution >= 4 is 17.0 Å². The molecule has 3 aromatic rings. The molecule has 0 aliphatic heterocycles. The van der Waals surface area contributed by atoms with Gasteiger partial charge in [-0.3, -0.25) is 0 Å². The third-order valence-corrected chi connectivity index (χ3v) is 3.68. The second-order valence-corrected chi connectivity index (χ2v) is 5.04. The number of aromatic nitrogens is 2. The van der Waals surface area contributed by atoms with Gasteiger partial charge in [0.2, 0.25) is 5.95 Å². The zero-order valence-electron chi connectivity index (χ0n) is 11.9. The van der Waals surface area contributed by atoms with E-state index >= 15 is 0 Å². The Morgan fingerprint density at radius 2 is 1.86 bits per heavy atom. The average Bonchev–Trinajstić information content (AvgIpc) is 2.83. The number of nitrogens with zero attached hydrogens (tertiary/aromatic N) is 3. The molecule has 1 aromatic heterocycles. The number of rotatable bonds is 3. The summed E-state index contributed by atoms with van der Waals surface area (Å²) in [7, 11) is 0. The van der Waals surface area contributed by atoms with Crippen LogP contribution in [0.25, 0.3) is 11.0 Å². The molecule has 0 atom stereocenters. The second kappa shape index (κ2) is 5.29. The molecule has 3 rings (SSSR count). The number of fused-ring (bicyclic) bond motifs is 1. The van der Waals surface area contributed by atoms with Crippen LogP contribution in [0.15, 0.2) is 42.5 Å². The number of nitrogen functional groups attached to an aromatic ring is 1. The zero-order valence-corrected chi connectivity index (χ0v) is 11.9. The third-order valence-electron chi connectivity index (χ3n) is 3.68. The summed E-state index contributed by atoms with van der Waals surface area (Å²) in [6.07, 6.45) is 1.03. The van der Waals surface area contributed by atoms with Crippen LogP contribution >= 0.6 is 0 Å². The molecule has 0 saturated heterocycles. The van der Waals surface area contributed by atoms with Gasteiger partial charge in [-0.15, -0.1) is 0 Å². The summed E-state index contributed by atoms with van der Waals surface area (Å²) in [5.74, 6) is 0.472. The molecule has 0 fully saturated rings. The van der Waals surface area contributed by atoms with Crippen molar-refractivity contribution in [3.05, 3.63) is 59.2 Å². The lowest BCUT2D eigenvalue weighted by atomic mass is 10.1. The van der Waals surface area contributed by atoms with Gasteiger partial charge in [-0.25, -0.2) is 4.98 Å². The molecule has 0 saturated carbocycles. The number of benzene rings is 2. The normalized spacial score (nSPS) is 10.7. The Balaban J connectivity index is 2.02. The van der Waals surface area contributed by atoms with Crippen LogP contribution in [-0.2, 0) is 13.0 Å². The first-order chi connectivity index (χ1) is 10.2. The summed E-state index contributed by atoms with van der Waals surface area (Å²) in [6, 6.07) is 16.1. The van der Waals surface area contributed by atoms with Gasteiger partial charge in [0.25, 0.3) is 0 Å². The highest BCUT2D eigenvalue weighted by molar-refractivity contribution is 5.80. The fraction of sp³-hybridized carbons (Fsp3) is 0.176. The van der Waals surface area contributed by atoms with Crippen molar-refractivity contribution in [2.75, 3.05) is 5.73 Å². The zero-order chi connectivity index (χ0) is 14.8. The van der Waals surface area contributed by atoms with Gasteiger partial charge < -0.3 is 10.3 Å². The van der Waals surface area contributed by atoms with Gasteiger partial charge in [-0.2, -0.15) is 5.26 Å². The van der Waals surface area contributed by atoms with E-state index in [9.17, 15) is 0 Å². The predicted octanol–water partition coefficient (Wildman–Crippen LogP) is 3.10. The molecule has 2 N–H and O–H groups in total. The first-order valence-electron chi connectivity index (χ1n) is 6.95. The molecule has 0 amide bonds. The molecule has 21 heavy (non-hydrogen) atoms. The van der Waals surface area contributed by atoms with Crippen LogP contribution in [0.3, 0.4) is 0 Å². The first-order valence-corrected chi connectivity index (χ1v) is 6.95. The summed E-state index contributed by atoms with van der Waals surface area (Å²) in [5.41, 5.74) is 10.8. The summed E-state index contributed by atoms with van der Waals surface area (Å²) in [6.45, 7) is 2.79. The summed E-state index contributed by atoms with van der Waals surface area (Å²) >= 11 is 0. The quantitative estimate of drug-likeness (QED) is 0.799. The van der Waals surface area contributed by atoms with E-state index in [4.69, 9.17) is 11.0 Å². The molecular formula is C17H16N4. The number of imidazole rings is 1. The molecule has 4 heteroatoms. The summed E-state index contributed by atoms with van der Waals surface area (Å²) in [4.78, 5) is 4.35. The Hall–Kier alpha value is -2.80. The van der Waals surface area contributed by atoms with Crippen LogP contribution in [0, 0.1) is 11.3 Å². The summed E-state index contributed by atoms with van der Waals surface area (Å²) < 4.78 is 1.94. The maximum Gasteiger partial charge on any atom is 0.201 e. The minimum Gasteiger partial charge on any atom is -0.369 e. The Morgan fingerprint density at radius 3 is 2.52 bits per heavy atom. The fourth-order valence-electron chi connectivity index (χ4n) is 2.44. The van der Waals surface area contributed by atoms with Crippen LogP contribution in [-0.4, -0.2) is 9.55 Å². The monoisotopic (exact) mass is 276 g/mol. The molecular weight excluding hydrogens is 260 g/mol. The van der Waals surface area contributed by atoms with E-state index < -0.39 is 0 Å². The van der Waals surface area contributed by atoms with Crippen LogP contribution < -0.4 is 5.73 Å². The van der Waals surface area contributed by atoms with Gasteiger partial charge in [0.05, 0.1) is 29.2 Å². The van der Waals surface area contributed by atoms with E-state index in [-0.39, 0.29) is 0 Å².